The Kier molecular flexibility index (Phi) is 7.31. The van der Waals surface area contributed by atoms with E-state index in [0.717, 1.165) is 24.8 Å². The molecule has 1 aliphatic heterocycles. The van der Waals surface area contributed by atoms with Crippen LogP contribution in [0.5, 0.6) is 0 Å². The van der Waals surface area contributed by atoms with Gasteiger partial charge in [0.1, 0.15) is 0 Å². The second-order valence-corrected chi connectivity index (χ2v) is 7.88. The fourth-order valence-corrected chi connectivity index (χ4v) is 4.52. The van der Waals surface area contributed by atoms with Gasteiger partial charge in [-0.3, -0.25) is 4.79 Å². The van der Waals surface area contributed by atoms with Crippen molar-refractivity contribution < 1.29 is 14.7 Å². The molecule has 3 amide bonds. The summed E-state index contributed by atoms with van der Waals surface area (Å²) in [7, 11) is 0. The lowest BCUT2D eigenvalue weighted by molar-refractivity contribution is -0.149. The van der Waals surface area contributed by atoms with Crippen molar-refractivity contribution in [1.82, 2.24) is 15.5 Å². The highest BCUT2D eigenvalue weighted by Gasteiger charge is 2.50. The van der Waals surface area contributed by atoms with Crippen molar-refractivity contribution in [3.8, 4) is 0 Å². The predicted octanol–water partition coefficient (Wildman–Crippen LogP) is 3.03. The number of carbonyl (C=O) groups excluding carboxylic acids is 2. The maximum absolute atomic E-state index is 12.5. The molecule has 6 nitrogen and oxygen atoms in total. The molecule has 3 N–H and O–H groups in total. The van der Waals surface area contributed by atoms with Gasteiger partial charge in [0, 0.05) is 25.4 Å². The average molecular weight is 400 g/mol. The standard InChI is InChI=1S/C23H33N3O3/c1-3-13-24-23(29)25-14-19-22(20(15-27)26(19)21(28)4-2)18-11-9-17(10-12-18)16-7-5-6-8-16/h7,9-12,19-20,22,27H,3-6,8,13-15H2,1-2H3,(H2,24,25,29)/t19-,20-,22-/m0/s1. The van der Waals surface area contributed by atoms with E-state index in [1.807, 2.05) is 13.8 Å². The number of hydrogen-bond donors (Lipinski definition) is 3. The number of rotatable bonds is 8. The smallest absolute Gasteiger partial charge is 0.314 e. The van der Waals surface area contributed by atoms with Crippen LogP contribution in [-0.2, 0) is 4.79 Å². The molecule has 3 atom stereocenters. The summed E-state index contributed by atoms with van der Waals surface area (Å²) in [6.45, 7) is 4.74. The lowest BCUT2D eigenvalue weighted by Crippen LogP contribution is -2.68. The number of aliphatic hydroxyl groups is 1. The number of hydrogen-bond acceptors (Lipinski definition) is 3. The van der Waals surface area contributed by atoms with Crippen LogP contribution < -0.4 is 10.6 Å². The third-order valence-electron chi connectivity index (χ3n) is 6.04. The van der Waals surface area contributed by atoms with E-state index in [1.54, 1.807) is 4.90 Å². The highest BCUT2D eigenvalue weighted by Crippen LogP contribution is 2.41. The van der Waals surface area contributed by atoms with E-state index in [4.69, 9.17) is 0 Å². The monoisotopic (exact) mass is 399 g/mol. The van der Waals surface area contributed by atoms with Crippen LogP contribution in [0.25, 0.3) is 5.57 Å². The summed E-state index contributed by atoms with van der Waals surface area (Å²) in [5, 5.41) is 15.7. The lowest BCUT2D eigenvalue weighted by atomic mass is 9.74. The van der Waals surface area contributed by atoms with Gasteiger partial charge in [-0.25, -0.2) is 4.79 Å². The maximum atomic E-state index is 12.5. The minimum absolute atomic E-state index is 0.00795. The van der Waals surface area contributed by atoms with Crippen LogP contribution in [0.2, 0.25) is 0 Å². The Morgan fingerprint density at radius 2 is 1.90 bits per heavy atom. The zero-order chi connectivity index (χ0) is 20.8. The number of likely N-dealkylation sites (tertiary alicyclic amines) is 1. The van der Waals surface area contributed by atoms with Gasteiger partial charge in [-0.2, -0.15) is 0 Å². The van der Waals surface area contributed by atoms with E-state index in [0.29, 0.717) is 19.5 Å². The first kappa shape index (κ1) is 21.4. The molecule has 0 aromatic heterocycles. The third kappa shape index (κ3) is 4.64. The Morgan fingerprint density at radius 3 is 2.48 bits per heavy atom. The SMILES string of the molecule is CCCNC(=O)NC[C@H]1[C@H](c2ccc(C3=CCCC3)cc2)[C@H](CO)N1C(=O)CC. The highest BCUT2D eigenvalue weighted by molar-refractivity contribution is 5.79. The molecule has 1 aliphatic carbocycles. The molecule has 0 spiro atoms. The van der Waals surface area contributed by atoms with Crippen molar-refractivity contribution in [3.05, 3.63) is 41.5 Å². The van der Waals surface area contributed by atoms with Crippen LogP contribution in [0.15, 0.2) is 30.3 Å². The average Bonchev–Trinajstić information content (AvgIpc) is 3.26. The van der Waals surface area contributed by atoms with Gasteiger partial charge >= 0.3 is 6.03 Å². The van der Waals surface area contributed by atoms with Crippen LogP contribution >= 0.6 is 0 Å². The first-order valence-corrected chi connectivity index (χ1v) is 10.8. The molecule has 3 rings (SSSR count). The predicted molar refractivity (Wildman–Crippen MR) is 115 cm³/mol. The van der Waals surface area contributed by atoms with E-state index < -0.39 is 0 Å². The summed E-state index contributed by atoms with van der Waals surface area (Å²) in [6, 6.07) is 7.89. The molecule has 29 heavy (non-hydrogen) atoms. The van der Waals surface area contributed by atoms with Gasteiger partial charge in [-0.15, -0.1) is 0 Å². The normalized spacial score (nSPS) is 23.3. The van der Waals surface area contributed by atoms with E-state index in [-0.39, 0.29) is 36.5 Å². The van der Waals surface area contributed by atoms with E-state index >= 15 is 0 Å². The summed E-state index contributed by atoms with van der Waals surface area (Å²) in [4.78, 5) is 26.2. The van der Waals surface area contributed by atoms with Crippen molar-refractivity contribution in [2.75, 3.05) is 19.7 Å². The van der Waals surface area contributed by atoms with Gasteiger partial charge in [0.15, 0.2) is 0 Å². The van der Waals surface area contributed by atoms with E-state index in [2.05, 4.69) is 41.0 Å². The number of amides is 3. The minimum Gasteiger partial charge on any atom is -0.394 e. The van der Waals surface area contributed by atoms with Crippen molar-refractivity contribution in [2.24, 2.45) is 0 Å². The highest BCUT2D eigenvalue weighted by atomic mass is 16.3. The van der Waals surface area contributed by atoms with Gasteiger partial charge in [-0.1, -0.05) is 44.2 Å². The molecular weight excluding hydrogens is 366 g/mol. The van der Waals surface area contributed by atoms with Gasteiger partial charge in [0.05, 0.1) is 18.7 Å². The molecule has 0 bridgehead atoms. The molecule has 6 heteroatoms. The summed E-state index contributed by atoms with van der Waals surface area (Å²) in [6.07, 6.45) is 7.05. The van der Waals surface area contributed by atoms with Crippen molar-refractivity contribution in [3.63, 3.8) is 0 Å². The maximum Gasteiger partial charge on any atom is 0.314 e. The Hall–Kier alpha value is -2.34. The Bertz CT molecular complexity index is 744. The largest absolute Gasteiger partial charge is 0.394 e. The summed E-state index contributed by atoms with van der Waals surface area (Å²) in [5.41, 5.74) is 3.76. The minimum atomic E-state index is -0.246. The Labute approximate surface area is 173 Å². The first-order chi connectivity index (χ1) is 14.1. The van der Waals surface area contributed by atoms with Gasteiger partial charge < -0.3 is 20.6 Å². The van der Waals surface area contributed by atoms with E-state index in [1.165, 1.54) is 17.6 Å². The number of urea groups is 1. The molecule has 158 valence electrons. The number of nitrogens with one attached hydrogen (secondary N) is 2. The van der Waals surface area contributed by atoms with Crippen LogP contribution in [0.1, 0.15) is 63.0 Å². The second-order valence-electron chi connectivity index (χ2n) is 7.88. The fourth-order valence-electron chi connectivity index (χ4n) is 4.52. The molecule has 1 aromatic carbocycles. The third-order valence-corrected chi connectivity index (χ3v) is 6.04. The number of allylic oxidation sites excluding steroid dienone is 2. The topological polar surface area (TPSA) is 81.7 Å². The molecule has 0 unspecified atom stereocenters. The van der Waals surface area contributed by atoms with Gasteiger partial charge in [0.2, 0.25) is 5.91 Å². The summed E-state index contributed by atoms with van der Waals surface area (Å²) >= 11 is 0. The van der Waals surface area contributed by atoms with E-state index in [9.17, 15) is 14.7 Å². The molecule has 0 radical (unpaired) electrons. The summed E-state index contributed by atoms with van der Waals surface area (Å²) in [5.74, 6) is 0.0161. The lowest BCUT2D eigenvalue weighted by Gasteiger charge is -2.55. The van der Waals surface area contributed by atoms with Gasteiger partial charge in [-0.05, 0) is 42.4 Å². The second kappa shape index (κ2) is 9.92. The zero-order valence-corrected chi connectivity index (χ0v) is 17.5. The zero-order valence-electron chi connectivity index (χ0n) is 17.5. The van der Waals surface area contributed by atoms with Gasteiger partial charge in [0.25, 0.3) is 0 Å². The van der Waals surface area contributed by atoms with Crippen LogP contribution in [0.3, 0.4) is 0 Å². The Morgan fingerprint density at radius 1 is 1.14 bits per heavy atom. The molecule has 0 saturated carbocycles. The molecule has 1 saturated heterocycles. The molecule has 1 aromatic rings. The van der Waals surface area contributed by atoms with Crippen molar-refractivity contribution >= 4 is 17.5 Å². The molecular formula is C23H33N3O3. The van der Waals surface area contributed by atoms with Crippen LogP contribution in [0, 0.1) is 0 Å². The quantitative estimate of drug-likeness (QED) is 0.628. The number of nitrogens with zero attached hydrogens (tertiary/aromatic N) is 1. The van der Waals surface area contributed by atoms with Crippen molar-refractivity contribution in [2.45, 2.75) is 64.0 Å². The number of carbonyl (C=O) groups is 2. The van der Waals surface area contributed by atoms with Crippen molar-refractivity contribution in [1.29, 1.82) is 0 Å². The Balaban J connectivity index is 1.75. The first-order valence-electron chi connectivity index (χ1n) is 10.8. The fraction of sp³-hybridized carbons (Fsp3) is 0.565. The summed E-state index contributed by atoms with van der Waals surface area (Å²) < 4.78 is 0. The molecule has 2 aliphatic rings. The number of aliphatic hydroxyl groups excluding tert-OH is 1. The number of benzene rings is 1. The van der Waals surface area contributed by atoms with Crippen LogP contribution in [-0.4, -0.2) is 53.7 Å². The van der Waals surface area contributed by atoms with Crippen LogP contribution in [0.4, 0.5) is 4.79 Å². The molecule has 1 fully saturated rings. The molecule has 1 heterocycles.